The number of carbonyl (C=O) groups excluding carboxylic acids is 4. The van der Waals surface area contributed by atoms with Crippen LogP contribution in [-0.4, -0.2) is 47.3 Å². The van der Waals surface area contributed by atoms with Crippen LogP contribution in [0.5, 0.6) is 0 Å². The molecule has 23 heavy (non-hydrogen) atoms. The summed E-state index contributed by atoms with van der Waals surface area (Å²) in [6.45, 7) is 4.41. The molecule has 0 unspecified atom stereocenters. The molecule has 0 atom stereocenters. The Bertz CT molecular complexity index is 640. The van der Waals surface area contributed by atoms with Crippen molar-refractivity contribution in [1.29, 1.82) is 0 Å². The molecule has 0 saturated heterocycles. The summed E-state index contributed by atoms with van der Waals surface area (Å²) in [6.07, 6.45) is 0. The maximum Gasteiger partial charge on any atom is 0.326 e. The molecule has 1 aliphatic heterocycles. The lowest BCUT2D eigenvalue weighted by Gasteiger charge is -2.20. The van der Waals surface area contributed by atoms with Crippen LogP contribution < -0.4 is 5.32 Å². The van der Waals surface area contributed by atoms with E-state index in [1.807, 2.05) is 0 Å². The van der Waals surface area contributed by atoms with E-state index < -0.39 is 42.4 Å². The van der Waals surface area contributed by atoms with Gasteiger partial charge in [-0.15, -0.1) is 0 Å². The zero-order valence-corrected chi connectivity index (χ0v) is 13.2. The summed E-state index contributed by atoms with van der Waals surface area (Å²) in [6, 6.07) is 6.33. The molecule has 0 radical (unpaired) electrons. The van der Waals surface area contributed by atoms with Crippen LogP contribution in [-0.2, 0) is 14.3 Å². The first-order valence-electron chi connectivity index (χ1n) is 7.11. The molecular formula is C16H18N2O5. The van der Waals surface area contributed by atoms with Gasteiger partial charge in [-0.2, -0.15) is 0 Å². The number of imide groups is 1. The average molecular weight is 318 g/mol. The molecule has 7 heteroatoms. The third-order valence-corrected chi connectivity index (χ3v) is 3.04. The molecule has 0 spiro atoms. The number of nitrogens with zero attached hydrogens (tertiary/aromatic N) is 1. The first kappa shape index (κ1) is 16.7. The number of carbonyl (C=O) groups is 4. The van der Waals surface area contributed by atoms with Gasteiger partial charge >= 0.3 is 5.97 Å². The fourth-order valence-corrected chi connectivity index (χ4v) is 2.16. The fraction of sp³-hybridized carbons (Fsp3) is 0.375. The van der Waals surface area contributed by atoms with Gasteiger partial charge in [0.05, 0.1) is 11.1 Å². The second kappa shape index (κ2) is 6.20. The van der Waals surface area contributed by atoms with Crippen molar-refractivity contribution in [2.75, 3.05) is 13.2 Å². The average Bonchev–Trinajstić information content (AvgIpc) is 2.69. The molecule has 7 nitrogen and oxygen atoms in total. The van der Waals surface area contributed by atoms with Crippen molar-refractivity contribution in [2.24, 2.45) is 0 Å². The maximum absolute atomic E-state index is 12.1. The van der Waals surface area contributed by atoms with E-state index in [4.69, 9.17) is 4.74 Å². The summed E-state index contributed by atoms with van der Waals surface area (Å²) in [5, 5.41) is 2.64. The van der Waals surface area contributed by atoms with Crippen LogP contribution in [0.2, 0.25) is 0 Å². The van der Waals surface area contributed by atoms with Gasteiger partial charge in [0.15, 0.2) is 6.61 Å². The Kier molecular flexibility index (Phi) is 4.49. The number of hydrogen-bond acceptors (Lipinski definition) is 5. The fourth-order valence-electron chi connectivity index (χ4n) is 2.16. The Hall–Kier alpha value is -2.70. The number of fused-ring (bicyclic) bond motifs is 1. The smallest absolute Gasteiger partial charge is 0.326 e. The van der Waals surface area contributed by atoms with E-state index in [1.54, 1.807) is 32.9 Å². The zero-order valence-electron chi connectivity index (χ0n) is 13.2. The van der Waals surface area contributed by atoms with Gasteiger partial charge in [0.1, 0.15) is 6.54 Å². The van der Waals surface area contributed by atoms with Crippen molar-refractivity contribution in [3.8, 4) is 0 Å². The Morgan fingerprint density at radius 2 is 1.61 bits per heavy atom. The number of esters is 1. The predicted octanol–water partition coefficient (Wildman–Crippen LogP) is 0.740. The van der Waals surface area contributed by atoms with E-state index in [1.165, 1.54) is 12.1 Å². The van der Waals surface area contributed by atoms with Gasteiger partial charge in [0.25, 0.3) is 17.7 Å². The number of rotatable bonds is 4. The van der Waals surface area contributed by atoms with E-state index in [-0.39, 0.29) is 11.1 Å². The van der Waals surface area contributed by atoms with Crippen molar-refractivity contribution in [3.63, 3.8) is 0 Å². The van der Waals surface area contributed by atoms with Crippen LogP contribution in [0.3, 0.4) is 0 Å². The molecule has 0 bridgehead atoms. The minimum atomic E-state index is -0.816. The standard InChI is InChI=1S/C16H18N2O5/c1-16(2,3)17-12(19)9-23-13(20)8-18-14(21)10-6-4-5-7-11(10)15(18)22/h4-7H,8-9H2,1-3H3,(H,17,19). The van der Waals surface area contributed by atoms with Crippen molar-refractivity contribution in [1.82, 2.24) is 10.2 Å². The third-order valence-electron chi connectivity index (χ3n) is 3.04. The zero-order chi connectivity index (χ0) is 17.2. The predicted molar refractivity (Wildman–Crippen MR) is 80.7 cm³/mol. The number of benzene rings is 1. The largest absolute Gasteiger partial charge is 0.454 e. The van der Waals surface area contributed by atoms with Crippen molar-refractivity contribution in [2.45, 2.75) is 26.3 Å². The normalized spacial score (nSPS) is 13.8. The van der Waals surface area contributed by atoms with Crippen molar-refractivity contribution < 1.29 is 23.9 Å². The van der Waals surface area contributed by atoms with Crippen LogP contribution in [0.4, 0.5) is 0 Å². The van der Waals surface area contributed by atoms with E-state index in [9.17, 15) is 19.2 Å². The highest BCUT2D eigenvalue weighted by atomic mass is 16.5. The molecule has 2 rings (SSSR count). The topological polar surface area (TPSA) is 92.8 Å². The van der Waals surface area contributed by atoms with Gasteiger partial charge in [-0.3, -0.25) is 24.1 Å². The molecule has 0 fully saturated rings. The Morgan fingerprint density at radius 1 is 1.09 bits per heavy atom. The molecule has 0 aromatic heterocycles. The lowest BCUT2D eigenvalue weighted by Crippen LogP contribution is -2.43. The number of hydrogen-bond donors (Lipinski definition) is 1. The van der Waals surface area contributed by atoms with E-state index in [0.29, 0.717) is 0 Å². The molecule has 1 aliphatic rings. The highest BCUT2D eigenvalue weighted by Crippen LogP contribution is 2.22. The number of ether oxygens (including phenoxy) is 1. The van der Waals surface area contributed by atoms with Gasteiger partial charge in [0, 0.05) is 5.54 Å². The SMILES string of the molecule is CC(C)(C)NC(=O)COC(=O)CN1C(=O)c2ccccc2C1=O. The highest BCUT2D eigenvalue weighted by Gasteiger charge is 2.36. The van der Waals surface area contributed by atoms with Crippen LogP contribution in [0.1, 0.15) is 41.5 Å². The Morgan fingerprint density at radius 3 is 2.09 bits per heavy atom. The molecule has 0 aliphatic carbocycles. The minimum absolute atomic E-state index is 0.260. The van der Waals surface area contributed by atoms with Gasteiger partial charge in [-0.1, -0.05) is 12.1 Å². The van der Waals surface area contributed by atoms with E-state index in [2.05, 4.69) is 5.32 Å². The summed E-state index contributed by atoms with van der Waals surface area (Å²) in [4.78, 5) is 48.3. The second-order valence-electron chi connectivity index (χ2n) is 6.20. The molecule has 1 heterocycles. The molecule has 1 aromatic carbocycles. The second-order valence-corrected chi connectivity index (χ2v) is 6.20. The Balaban J connectivity index is 1.91. The summed E-state index contributed by atoms with van der Waals surface area (Å²) < 4.78 is 4.81. The van der Waals surface area contributed by atoms with E-state index >= 15 is 0 Å². The van der Waals surface area contributed by atoms with E-state index in [0.717, 1.165) is 4.90 Å². The molecule has 1 N–H and O–H groups in total. The highest BCUT2D eigenvalue weighted by molar-refractivity contribution is 6.22. The first-order valence-corrected chi connectivity index (χ1v) is 7.11. The monoisotopic (exact) mass is 318 g/mol. The van der Waals surface area contributed by atoms with Crippen LogP contribution in [0.25, 0.3) is 0 Å². The summed E-state index contributed by atoms with van der Waals surface area (Å²) in [7, 11) is 0. The molecule has 0 saturated carbocycles. The van der Waals surface area contributed by atoms with Crippen molar-refractivity contribution in [3.05, 3.63) is 35.4 Å². The number of nitrogens with one attached hydrogen (secondary N) is 1. The summed E-state index contributed by atoms with van der Waals surface area (Å²) >= 11 is 0. The van der Waals surface area contributed by atoms with Gasteiger partial charge in [0.2, 0.25) is 0 Å². The quantitative estimate of drug-likeness (QED) is 0.653. The van der Waals surface area contributed by atoms with Gasteiger partial charge in [-0.25, -0.2) is 0 Å². The number of amides is 3. The molecular weight excluding hydrogens is 300 g/mol. The van der Waals surface area contributed by atoms with Crippen LogP contribution in [0, 0.1) is 0 Å². The van der Waals surface area contributed by atoms with Crippen LogP contribution in [0.15, 0.2) is 24.3 Å². The van der Waals surface area contributed by atoms with Crippen LogP contribution >= 0.6 is 0 Å². The lowest BCUT2D eigenvalue weighted by molar-refractivity contribution is -0.149. The lowest BCUT2D eigenvalue weighted by atomic mass is 10.1. The molecule has 1 aromatic rings. The third kappa shape index (κ3) is 3.94. The minimum Gasteiger partial charge on any atom is -0.454 e. The van der Waals surface area contributed by atoms with Crippen molar-refractivity contribution >= 4 is 23.7 Å². The Labute approximate surface area is 133 Å². The molecule has 3 amide bonds. The summed E-state index contributed by atoms with van der Waals surface area (Å²) in [5.41, 5.74) is 0.0815. The maximum atomic E-state index is 12.1. The molecule has 122 valence electrons. The van der Waals surface area contributed by atoms with Gasteiger partial charge < -0.3 is 10.1 Å². The first-order chi connectivity index (χ1) is 10.7. The van der Waals surface area contributed by atoms with Gasteiger partial charge in [-0.05, 0) is 32.9 Å². The summed E-state index contributed by atoms with van der Waals surface area (Å²) in [5.74, 6) is -2.35.